The lowest BCUT2D eigenvalue weighted by Crippen LogP contribution is -2.28. The van der Waals surface area contributed by atoms with Crippen molar-refractivity contribution in [2.45, 2.75) is 25.4 Å². The molecule has 2 atom stereocenters. The minimum absolute atomic E-state index is 0.197. The second-order valence-corrected chi connectivity index (χ2v) is 5.68. The van der Waals surface area contributed by atoms with Crippen LogP contribution >= 0.6 is 0 Å². The van der Waals surface area contributed by atoms with Gasteiger partial charge in [0.05, 0.1) is 0 Å². The lowest BCUT2D eigenvalue weighted by atomic mass is 9.96. The molecule has 2 N–H and O–H groups in total. The van der Waals surface area contributed by atoms with Crippen molar-refractivity contribution in [3.63, 3.8) is 0 Å². The first-order valence-electron chi connectivity index (χ1n) is 7.17. The van der Waals surface area contributed by atoms with E-state index in [4.69, 9.17) is 5.73 Å². The lowest BCUT2D eigenvalue weighted by Gasteiger charge is -2.16. The van der Waals surface area contributed by atoms with Gasteiger partial charge in [0.2, 0.25) is 0 Å². The highest BCUT2D eigenvalue weighted by Crippen LogP contribution is 2.27. The number of hydrogen-bond donors (Lipinski definition) is 1. The average Bonchev–Trinajstić information content (AvgIpc) is 2.81. The summed E-state index contributed by atoms with van der Waals surface area (Å²) in [7, 11) is 0. The van der Waals surface area contributed by atoms with Crippen molar-refractivity contribution in [1.29, 1.82) is 0 Å². The van der Waals surface area contributed by atoms with Crippen LogP contribution in [-0.4, -0.2) is 29.0 Å². The number of aryl methyl sites for hydroxylation is 1. The lowest BCUT2D eigenvalue weighted by molar-refractivity contribution is 0.324. The maximum Gasteiger partial charge on any atom is 0.0372 e. The van der Waals surface area contributed by atoms with Crippen LogP contribution in [0.1, 0.15) is 22.7 Å². The highest BCUT2D eigenvalue weighted by molar-refractivity contribution is 5.23. The number of pyridine rings is 1. The van der Waals surface area contributed by atoms with Gasteiger partial charge in [-0.1, -0.05) is 36.4 Å². The topological polar surface area (TPSA) is 42.1 Å². The van der Waals surface area contributed by atoms with E-state index >= 15 is 0 Å². The summed E-state index contributed by atoms with van der Waals surface area (Å²) in [6.07, 6.45) is 1.98. The standard InChI is InChI=1S/C17H21N3/c1-13-7-8-15(9-19-13)16-11-20(12-17(16)18)10-14-5-3-2-4-6-14/h2-9,16-17H,10-12,18H2,1H3/t16-,17+/m0/s1. The molecule has 0 amide bonds. The summed E-state index contributed by atoms with van der Waals surface area (Å²) < 4.78 is 0. The first-order chi connectivity index (χ1) is 9.72. The monoisotopic (exact) mass is 267 g/mol. The summed E-state index contributed by atoms with van der Waals surface area (Å²) in [6.45, 7) is 4.96. The Morgan fingerprint density at radius 2 is 1.95 bits per heavy atom. The molecule has 0 bridgehead atoms. The molecule has 2 heterocycles. The predicted molar refractivity (Wildman–Crippen MR) is 81.4 cm³/mol. The fraction of sp³-hybridized carbons (Fsp3) is 0.353. The molecule has 0 spiro atoms. The number of benzene rings is 1. The van der Waals surface area contributed by atoms with Crippen molar-refractivity contribution in [3.8, 4) is 0 Å². The molecule has 20 heavy (non-hydrogen) atoms. The molecule has 1 aliphatic rings. The molecule has 0 aliphatic carbocycles. The normalized spacial score (nSPS) is 23.1. The Kier molecular flexibility index (Phi) is 3.81. The van der Waals surface area contributed by atoms with Crippen LogP contribution in [0.5, 0.6) is 0 Å². The average molecular weight is 267 g/mol. The van der Waals surface area contributed by atoms with Gasteiger partial charge < -0.3 is 5.73 Å². The number of rotatable bonds is 3. The quantitative estimate of drug-likeness (QED) is 0.928. The summed E-state index contributed by atoms with van der Waals surface area (Å²) in [5.41, 5.74) is 9.99. The van der Waals surface area contributed by atoms with Crippen molar-refractivity contribution in [2.24, 2.45) is 5.73 Å². The molecule has 0 radical (unpaired) electrons. The first-order valence-corrected chi connectivity index (χ1v) is 7.17. The molecule has 3 heteroatoms. The summed E-state index contributed by atoms with van der Waals surface area (Å²) >= 11 is 0. The molecule has 2 aromatic rings. The Labute approximate surface area is 120 Å². The van der Waals surface area contributed by atoms with E-state index in [0.29, 0.717) is 5.92 Å². The second kappa shape index (κ2) is 5.73. The van der Waals surface area contributed by atoms with Crippen LogP contribution in [0.4, 0.5) is 0 Å². The van der Waals surface area contributed by atoms with E-state index in [1.54, 1.807) is 0 Å². The fourth-order valence-corrected chi connectivity index (χ4v) is 2.94. The fourth-order valence-electron chi connectivity index (χ4n) is 2.94. The van der Waals surface area contributed by atoms with Crippen LogP contribution in [0, 0.1) is 6.92 Å². The number of likely N-dealkylation sites (tertiary alicyclic amines) is 1. The van der Waals surface area contributed by atoms with Crippen LogP contribution in [-0.2, 0) is 6.54 Å². The largest absolute Gasteiger partial charge is 0.326 e. The van der Waals surface area contributed by atoms with E-state index in [9.17, 15) is 0 Å². The molecule has 0 unspecified atom stereocenters. The summed E-state index contributed by atoms with van der Waals surface area (Å²) in [5, 5.41) is 0. The highest BCUT2D eigenvalue weighted by Gasteiger charge is 2.31. The molecule has 1 aliphatic heterocycles. The van der Waals surface area contributed by atoms with Crippen LogP contribution < -0.4 is 5.73 Å². The summed E-state index contributed by atoms with van der Waals surface area (Å²) in [5.74, 6) is 0.395. The smallest absolute Gasteiger partial charge is 0.0372 e. The van der Waals surface area contributed by atoms with E-state index in [1.807, 2.05) is 13.1 Å². The van der Waals surface area contributed by atoms with Gasteiger partial charge in [0.15, 0.2) is 0 Å². The minimum atomic E-state index is 0.197. The molecule has 0 saturated carbocycles. The molecular weight excluding hydrogens is 246 g/mol. The molecule has 1 fully saturated rings. The van der Waals surface area contributed by atoms with Gasteiger partial charge in [0, 0.05) is 43.5 Å². The third-order valence-electron chi connectivity index (χ3n) is 4.05. The van der Waals surface area contributed by atoms with E-state index in [1.165, 1.54) is 11.1 Å². The number of aromatic nitrogens is 1. The van der Waals surface area contributed by atoms with Gasteiger partial charge in [-0.05, 0) is 24.1 Å². The molecule has 1 aromatic carbocycles. The molecule has 1 saturated heterocycles. The van der Waals surface area contributed by atoms with Crippen molar-refractivity contribution >= 4 is 0 Å². The van der Waals surface area contributed by atoms with Gasteiger partial charge in [-0.3, -0.25) is 9.88 Å². The number of nitrogens with two attached hydrogens (primary N) is 1. The number of hydrogen-bond acceptors (Lipinski definition) is 3. The Hall–Kier alpha value is -1.71. The SMILES string of the molecule is Cc1ccc([C@@H]2CN(Cc3ccccc3)C[C@H]2N)cn1. The molecule has 3 nitrogen and oxygen atoms in total. The summed E-state index contributed by atoms with van der Waals surface area (Å²) in [6, 6.07) is 15.0. The summed E-state index contributed by atoms with van der Waals surface area (Å²) in [4.78, 5) is 6.83. The zero-order chi connectivity index (χ0) is 13.9. The van der Waals surface area contributed by atoms with Crippen molar-refractivity contribution in [3.05, 3.63) is 65.5 Å². The van der Waals surface area contributed by atoms with Crippen LogP contribution in [0.15, 0.2) is 48.7 Å². The molecule has 3 rings (SSSR count). The van der Waals surface area contributed by atoms with Crippen LogP contribution in [0.25, 0.3) is 0 Å². The first kappa shape index (κ1) is 13.3. The second-order valence-electron chi connectivity index (χ2n) is 5.68. The van der Waals surface area contributed by atoms with Crippen LogP contribution in [0.3, 0.4) is 0 Å². The highest BCUT2D eigenvalue weighted by atomic mass is 15.2. The molecular formula is C17H21N3. The van der Waals surface area contributed by atoms with E-state index in [-0.39, 0.29) is 6.04 Å². The number of nitrogens with zero attached hydrogens (tertiary/aromatic N) is 2. The van der Waals surface area contributed by atoms with E-state index in [0.717, 1.165) is 25.3 Å². The zero-order valence-corrected chi connectivity index (χ0v) is 11.9. The van der Waals surface area contributed by atoms with Crippen molar-refractivity contribution < 1.29 is 0 Å². The maximum absolute atomic E-state index is 6.32. The Morgan fingerprint density at radius 1 is 1.15 bits per heavy atom. The van der Waals surface area contributed by atoms with Gasteiger partial charge in [-0.25, -0.2) is 0 Å². The Bertz CT molecular complexity index is 550. The van der Waals surface area contributed by atoms with Gasteiger partial charge in [0.1, 0.15) is 0 Å². The zero-order valence-electron chi connectivity index (χ0n) is 11.9. The third kappa shape index (κ3) is 2.89. The third-order valence-corrected chi connectivity index (χ3v) is 4.05. The molecule has 104 valence electrons. The van der Waals surface area contributed by atoms with E-state index < -0.39 is 0 Å². The van der Waals surface area contributed by atoms with Gasteiger partial charge >= 0.3 is 0 Å². The van der Waals surface area contributed by atoms with Crippen LogP contribution in [0.2, 0.25) is 0 Å². The Balaban J connectivity index is 1.69. The maximum atomic E-state index is 6.32. The Morgan fingerprint density at radius 3 is 2.65 bits per heavy atom. The van der Waals surface area contributed by atoms with Crippen molar-refractivity contribution in [2.75, 3.05) is 13.1 Å². The predicted octanol–water partition coefficient (Wildman–Crippen LogP) is 2.32. The van der Waals surface area contributed by atoms with Gasteiger partial charge in [-0.2, -0.15) is 0 Å². The van der Waals surface area contributed by atoms with Gasteiger partial charge in [0.25, 0.3) is 0 Å². The minimum Gasteiger partial charge on any atom is -0.326 e. The van der Waals surface area contributed by atoms with Gasteiger partial charge in [-0.15, -0.1) is 0 Å². The molecule has 1 aromatic heterocycles. The van der Waals surface area contributed by atoms with E-state index in [2.05, 4.69) is 52.3 Å². The van der Waals surface area contributed by atoms with Crippen molar-refractivity contribution in [1.82, 2.24) is 9.88 Å².